The summed E-state index contributed by atoms with van der Waals surface area (Å²) in [5.41, 5.74) is 5.26. The minimum Gasteiger partial charge on any atom is -0.494 e. The standard InChI is InChI=1S/C33H36F2N4O9S/c1-5-48-32(42)21-13-14-39(29(21)22-17-20(37-33(43)47-4)9-12-27(22)49(44,45)6-2)31(41)28(18-7-11-24(35)26(16-18)46-3)38-25-15-19(30(36)40)8-10-23(25)34/h7-12,15-17,21,28-29,38H,5-6,13-14H2,1-4H3,(H2,36,40)(H,37,43)/t21-,28-,29-/m1/s1. The Labute approximate surface area is 281 Å². The SMILES string of the molecule is CCOC(=O)[C@@H]1CCN(C(=O)[C@H](Nc2cc(C(N)=O)ccc2F)c2ccc(F)c(OC)c2)[C@H]1c1cc(NC(=O)OC)ccc1S(=O)(=O)CC. The van der Waals surface area contributed by atoms with Gasteiger partial charge in [-0.2, -0.15) is 0 Å². The number of halogens is 2. The zero-order chi connectivity index (χ0) is 36.0. The molecule has 0 radical (unpaired) electrons. The van der Waals surface area contributed by atoms with E-state index in [0.717, 1.165) is 31.4 Å². The number of nitrogens with two attached hydrogens (primary N) is 1. The van der Waals surface area contributed by atoms with Gasteiger partial charge in [0.25, 0.3) is 0 Å². The van der Waals surface area contributed by atoms with Crippen LogP contribution in [-0.2, 0) is 28.9 Å². The minimum atomic E-state index is -3.98. The maximum Gasteiger partial charge on any atom is 0.411 e. The summed E-state index contributed by atoms with van der Waals surface area (Å²) in [6.07, 6.45) is -0.811. The van der Waals surface area contributed by atoms with Crippen LogP contribution in [0, 0.1) is 17.6 Å². The molecule has 3 aromatic rings. The fourth-order valence-corrected chi connectivity index (χ4v) is 6.76. The number of esters is 1. The second-order valence-electron chi connectivity index (χ2n) is 10.9. The number of hydrogen-bond acceptors (Lipinski definition) is 10. The molecule has 16 heteroatoms. The molecule has 13 nitrogen and oxygen atoms in total. The Balaban J connectivity index is 1.94. The molecule has 0 aromatic heterocycles. The highest BCUT2D eigenvalue weighted by atomic mass is 32.2. The predicted molar refractivity (Wildman–Crippen MR) is 174 cm³/mol. The van der Waals surface area contributed by atoms with E-state index in [1.54, 1.807) is 6.92 Å². The van der Waals surface area contributed by atoms with Crippen LogP contribution in [0.3, 0.4) is 0 Å². The quantitative estimate of drug-likeness (QED) is 0.230. The molecule has 49 heavy (non-hydrogen) atoms. The first-order valence-electron chi connectivity index (χ1n) is 15.1. The normalized spacial score (nSPS) is 16.4. The van der Waals surface area contributed by atoms with Crippen molar-refractivity contribution in [1.29, 1.82) is 0 Å². The molecule has 4 N–H and O–H groups in total. The van der Waals surface area contributed by atoms with Crippen LogP contribution in [0.1, 0.15) is 53.8 Å². The number of benzene rings is 3. The molecule has 1 saturated heterocycles. The Bertz CT molecular complexity index is 1870. The van der Waals surface area contributed by atoms with E-state index in [1.165, 1.54) is 49.3 Å². The van der Waals surface area contributed by atoms with Gasteiger partial charge in [0.05, 0.1) is 49.1 Å². The molecule has 1 heterocycles. The van der Waals surface area contributed by atoms with Crippen LogP contribution >= 0.6 is 0 Å². The van der Waals surface area contributed by atoms with Gasteiger partial charge in [0.2, 0.25) is 11.8 Å². The van der Waals surface area contributed by atoms with Crippen LogP contribution in [0.4, 0.5) is 25.0 Å². The first kappa shape index (κ1) is 36.6. The second-order valence-corrected chi connectivity index (χ2v) is 13.2. The second kappa shape index (κ2) is 15.3. The molecule has 0 aliphatic carbocycles. The van der Waals surface area contributed by atoms with Crippen LogP contribution < -0.4 is 21.1 Å². The maximum atomic E-state index is 15.2. The minimum absolute atomic E-state index is 0.00487. The number of carbonyl (C=O) groups excluding carboxylic acids is 4. The van der Waals surface area contributed by atoms with E-state index in [9.17, 15) is 32.0 Å². The number of hydrogen-bond donors (Lipinski definition) is 3. The third kappa shape index (κ3) is 7.91. The van der Waals surface area contributed by atoms with E-state index in [4.69, 9.17) is 15.2 Å². The molecule has 0 unspecified atom stereocenters. The summed E-state index contributed by atoms with van der Waals surface area (Å²) in [6, 6.07) is 7.95. The molecule has 3 aromatic carbocycles. The average molecular weight is 703 g/mol. The maximum absolute atomic E-state index is 15.2. The van der Waals surface area contributed by atoms with Gasteiger partial charge in [-0.3, -0.25) is 19.7 Å². The molecular weight excluding hydrogens is 666 g/mol. The Morgan fingerprint density at radius 3 is 2.35 bits per heavy atom. The highest BCUT2D eigenvalue weighted by molar-refractivity contribution is 7.91. The topological polar surface area (TPSA) is 183 Å². The zero-order valence-corrected chi connectivity index (χ0v) is 27.9. The monoisotopic (exact) mass is 702 g/mol. The van der Waals surface area contributed by atoms with Crippen LogP contribution in [0.2, 0.25) is 0 Å². The van der Waals surface area contributed by atoms with Crippen molar-refractivity contribution in [1.82, 2.24) is 4.90 Å². The molecular formula is C33H36F2N4O9S. The summed E-state index contributed by atoms with van der Waals surface area (Å²) in [5, 5.41) is 5.26. The molecule has 0 spiro atoms. The van der Waals surface area contributed by atoms with Crippen molar-refractivity contribution in [2.24, 2.45) is 11.7 Å². The molecule has 3 atom stereocenters. The Hall–Kier alpha value is -5.25. The molecule has 262 valence electrons. The number of primary amides is 1. The summed E-state index contributed by atoms with van der Waals surface area (Å²) in [4.78, 5) is 53.1. The van der Waals surface area contributed by atoms with Gasteiger partial charge in [-0.25, -0.2) is 22.0 Å². The van der Waals surface area contributed by atoms with Crippen LogP contribution in [0.5, 0.6) is 5.75 Å². The molecule has 0 saturated carbocycles. The van der Waals surface area contributed by atoms with Crippen molar-refractivity contribution in [2.75, 3.05) is 43.8 Å². The molecule has 4 rings (SSSR count). The van der Waals surface area contributed by atoms with Gasteiger partial charge in [0.15, 0.2) is 21.4 Å². The number of nitrogens with one attached hydrogen (secondary N) is 2. The Morgan fingerprint density at radius 2 is 1.71 bits per heavy atom. The average Bonchev–Trinajstić information content (AvgIpc) is 3.53. The van der Waals surface area contributed by atoms with E-state index in [-0.39, 0.29) is 64.0 Å². The summed E-state index contributed by atoms with van der Waals surface area (Å²) < 4.78 is 71.6. The Kier molecular flexibility index (Phi) is 11.4. The van der Waals surface area contributed by atoms with Gasteiger partial charge in [0.1, 0.15) is 11.9 Å². The lowest BCUT2D eigenvalue weighted by atomic mass is 9.92. The summed E-state index contributed by atoms with van der Waals surface area (Å²) in [6.45, 7) is 2.93. The van der Waals surface area contributed by atoms with E-state index in [0.29, 0.717) is 0 Å². The van der Waals surface area contributed by atoms with Crippen molar-refractivity contribution < 1.29 is 50.6 Å². The first-order chi connectivity index (χ1) is 23.3. The van der Waals surface area contributed by atoms with Crippen molar-refractivity contribution >= 4 is 45.1 Å². The van der Waals surface area contributed by atoms with Crippen molar-refractivity contribution in [3.05, 3.63) is 82.9 Å². The largest absolute Gasteiger partial charge is 0.494 e. The van der Waals surface area contributed by atoms with Crippen LogP contribution in [0.25, 0.3) is 0 Å². The summed E-state index contributed by atoms with van der Waals surface area (Å²) in [5.74, 6) is -5.57. The van der Waals surface area contributed by atoms with Crippen molar-refractivity contribution in [2.45, 2.75) is 37.2 Å². The molecule has 1 aliphatic rings. The number of methoxy groups -OCH3 is 2. The summed E-state index contributed by atoms with van der Waals surface area (Å²) in [7, 11) is -1.63. The van der Waals surface area contributed by atoms with Gasteiger partial charge in [0, 0.05) is 17.8 Å². The third-order valence-electron chi connectivity index (χ3n) is 8.05. The number of nitrogens with zero attached hydrogens (tertiary/aromatic N) is 1. The lowest BCUT2D eigenvalue weighted by molar-refractivity contribution is -0.149. The van der Waals surface area contributed by atoms with Gasteiger partial charge in [-0.1, -0.05) is 13.0 Å². The fraction of sp³-hybridized carbons (Fsp3) is 0.333. The van der Waals surface area contributed by atoms with E-state index < -0.39 is 63.4 Å². The number of sulfone groups is 1. The lowest BCUT2D eigenvalue weighted by Gasteiger charge is -2.33. The van der Waals surface area contributed by atoms with Crippen LogP contribution in [-0.4, -0.2) is 70.3 Å². The lowest BCUT2D eigenvalue weighted by Crippen LogP contribution is -2.40. The predicted octanol–water partition coefficient (Wildman–Crippen LogP) is 4.35. The number of carbonyl (C=O) groups is 4. The van der Waals surface area contributed by atoms with E-state index in [1.807, 2.05) is 0 Å². The molecule has 1 fully saturated rings. The fourth-order valence-electron chi connectivity index (χ4n) is 5.64. The van der Waals surface area contributed by atoms with Gasteiger partial charge in [-0.05, 0) is 73.0 Å². The highest BCUT2D eigenvalue weighted by Gasteiger charge is 2.46. The van der Waals surface area contributed by atoms with Gasteiger partial charge < -0.3 is 30.2 Å². The van der Waals surface area contributed by atoms with Crippen molar-refractivity contribution in [3.8, 4) is 5.75 Å². The molecule has 3 amide bonds. The first-order valence-corrected chi connectivity index (χ1v) is 16.8. The molecule has 1 aliphatic heterocycles. The smallest absolute Gasteiger partial charge is 0.411 e. The number of amides is 3. The summed E-state index contributed by atoms with van der Waals surface area (Å²) >= 11 is 0. The highest BCUT2D eigenvalue weighted by Crippen LogP contribution is 2.44. The number of ether oxygens (including phenoxy) is 3. The number of anilines is 2. The number of likely N-dealkylation sites (tertiary alicyclic amines) is 1. The number of rotatable bonds is 12. The molecule has 0 bridgehead atoms. The van der Waals surface area contributed by atoms with Crippen LogP contribution in [0.15, 0.2) is 59.5 Å². The zero-order valence-electron chi connectivity index (χ0n) is 27.1. The van der Waals surface area contributed by atoms with E-state index >= 15 is 4.39 Å². The Morgan fingerprint density at radius 1 is 1.00 bits per heavy atom. The third-order valence-corrected chi connectivity index (χ3v) is 9.85. The van der Waals surface area contributed by atoms with Gasteiger partial charge in [-0.15, -0.1) is 0 Å². The van der Waals surface area contributed by atoms with Crippen molar-refractivity contribution in [3.63, 3.8) is 0 Å². The van der Waals surface area contributed by atoms with Gasteiger partial charge >= 0.3 is 12.1 Å². The van der Waals surface area contributed by atoms with E-state index in [2.05, 4.69) is 15.4 Å².